The third-order valence-corrected chi connectivity index (χ3v) is 4.91. The summed E-state index contributed by atoms with van der Waals surface area (Å²) in [5.74, 6) is 0.183. The Morgan fingerprint density at radius 3 is 2.75 bits per heavy atom. The fraction of sp³-hybridized carbons (Fsp3) is 0.688. The van der Waals surface area contributed by atoms with Crippen LogP contribution in [0.15, 0.2) is 17.5 Å². The number of amides is 1. The molecule has 1 aliphatic carbocycles. The van der Waals surface area contributed by atoms with E-state index in [1.165, 1.54) is 11.3 Å². The van der Waals surface area contributed by atoms with E-state index in [4.69, 9.17) is 0 Å². The summed E-state index contributed by atoms with van der Waals surface area (Å²) in [5.41, 5.74) is 0. The van der Waals surface area contributed by atoms with Crippen LogP contribution in [-0.2, 0) is 11.2 Å². The highest BCUT2D eigenvalue weighted by atomic mass is 32.1. The molecule has 0 atom stereocenters. The van der Waals surface area contributed by atoms with E-state index in [1.54, 1.807) is 0 Å². The van der Waals surface area contributed by atoms with Crippen LogP contribution in [0.4, 0.5) is 0 Å². The number of thiophene rings is 1. The molecule has 112 valence electrons. The lowest BCUT2D eigenvalue weighted by Crippen LogP contribution is -2.38. The number of hydrogen-bond donors (Lipinski definition) is 2. The molecule has 0 radical (unpaired) electrons. The lowest BCUT2D eigenvalue weighted by Gasteiger charge is -2.26. The molecule has 0 spiro atoms. The van der Waals surface area contributed by atoms with Crippen molar-refractivity contribution in [1.82, 2.24) is 5.32 Å². The molecule has 1 fully saturated rings. The highest BCUT2D eigenvalue weighted by Crippen LogP contribution is 2.18. The predicted molar refractivity (Wildman–Crippen MR) is 82.9 cm³/mol. The second-order valence-electron chi connectivity index (χ2n) is 5.71. The van der Waals surface area contributed by atoms with E-state index in [-0.39, 0.29) is 18.1 Å². The SMILES string of the molecule is O=C(CCCCCc1cccs1)NC1CCC(O)CC1. The van der Waals surface area contributed by atoms with Crippen LogP contribution in [-0.4, -0.2) is 23.2 Å². The van der Waals surface area contributed by atoms with E-state index in [2.05, 4.69) is 22.8 Å². The molecule has 2 N–H and O–H groups in total. The lowest BCUT2D eigenvalue weighted by molar-refractivity contribution is -0.122. The minimum absolute atomic E-state index is 0.152. The predicted octanol–water partition coefficient (Wildman–Crippen LogP) is 3.27. The van der Waals surface area contributed by atoms with Crippen LogP contribution in [0.3, 0.4) is 0 Å². The minimum atomic E-state index is -0.152. The molecule has 4 heteroatoms. The van der Waals surface area contributed by atoms with Gasteiger partial charge in [0.2, 0.25) is 5.91 Å². The van der Waals surface area contributed by atoms with E-state index in [0.29, 0.717) is 6.42 Å². The fourth-order valence-electron chi connectivity index (χ4n) is 2.74. The molecule has 20 heavy (non-hydrogen) atoms. The van der Waals surface area contributed by atoms with Crippen molar-refractivity contribution >= 4 is 17.2 Å². The number of unbranched alkanes of at least 4 members (excludes halogenated alkanes) is 2. The average molecular weight is 295 g/mol. The number of rotatable bonds is 7. The van der Waals surface area contributed by atoms with Crippen molar-refractivity contribution in [2.75, 3.05) is 0 Å². The van der Waals surface area contributed by atoms with Crippen molar-refractivity contribution in [3.05, 3.63) is 22.4 Å². The van der Waals surface area contributed by atoms with Crippen LogP contribution < -0.4 is 5.32 Å². The van der Waals surface area contributed by atoms with Crippen molar-refractivity contribution in [3.63, 3.8) is 0 Å². The molecule has 2 rings (SSSR count). The molecular weight excluding hydrogens is 270 g/mol. The monoisotopic (exact) mass is 295 g/mol. The van der Waals surface area contributed by atoms with E-state index in [0.717, 1.165) is 44.9 Å². The number of aliphatic hydroxyl groups is 1. The number of carbonyl (C=O) groups is 1. The molecule has 1 aromatic heterocycles. The quantitative estimate of drug-likeness (QED) is 0.759. The van der Waals surface area contributed by atoms with E-state index >= 15 is 0 Å². The summed E-state index contributed by atoms with van der Waals surface area (Å²) in [6.45, 7) is 0. The third kappa shape index (κ3) is 5.63. The smallest absolute Gasteiger partial charge is 0.220 e. The molecule has 0 aliphatic heterocycles. The van der Waals surface area contributed by atoms with Crippen LogP contribution in [0, 0.1) is 0 Å². The van der Waals surface area contributed by atoms with Gasteiger partial charge < -0.3 is 10.4 Å². The van der Waals surface area contributed by atoms with Gasteiger partial charge in [-0.1, -0.05) is 12.5 Å². The fourth-order valence-corrected chi connectivity index (χ4v) is 3.49. The van der Waals surface area contributed by atoms with Gasteiger partial charge >= 0.3 is 0 Å². The number of hydrogen-bond acceptors (Lipinski definition) is 3. The Morgan fingerprint density at radius 1 is 1.25 bits per heavy atom. The van der Waals surface area contributed by atoms with Crippen molar-refractivity contribution in [3.8, 4) is 0 Å². The van der Waals surface area contributed by atoms with Gasteiger partial charge in [0.15, 0.2) is 0 Å². The summed E-state index contributed by atoms with van der Waals surface area (Å²) in [5, 5.41) is 14.6. The Bertz CT molecular complexity index is 383. The topological polar surface area (TPSA) is 49.3 Å². The summed E-state index contributed by atoms with van der Waals surface area (Å²) in [7, 11) is 0. The summed E-state index contributed by atoms with van der Waals surface area (Å²) in [6, 6.07) is 4.56. The average Bonchev–Trinajstić information content (AvgIpc) is 2.94. The number of carbonyl (C=O) groups excluding carboxylic acids is 1. The van der Waals surface area contributed by atoms with Gasteiger partial charge in [-0.2, -0.15) is 0 Å². The first-order valence-corrected chi connectivity index (χ1v) is 8.62. The molecule has 0 saturated heterocycles. The molecule has 1 amide bonds. The Hall–Kier alpha value is -0.870. The maximum absolute atomic E-state index is 11.8. The van der Waals surface area contributed by atoms with Crippen LogP contribution >= 0.6 is 11.3 Å². The van der Waals surface area contributed by atoms with Crippen LogP contribution in [0.2, 0.25) is 0 Å². The van der Waals surface area contributed by atoms with Crippen LogP contribution in [0.1, 0.15) is 56.2 Å². The van der Waals surface area contributed by atoms with Crippen molar-refractivity contribution in [2.45, 2.75) is 69.9 Å². The second-order valence-corrected chi connectivity index (χ2v) is 6.75. The molecule has 1 heterocycles. The van der Waals surface area contributed by atoms with E-state index in [9.17, 15) is 9.90 Å². The molecule has 3 nitrogen and oxygen atoms in total. The molecule has 0 bridgehead atoms. The van der Waals surface area contributed by atoms with E-state index in [1.807, 2.05) is 11.3 Å². The second kappa shape index (κ2) is 8.42. The first-order chi connectivity index (χ1) is 9.74. The van der Waals surface area contributed by atoms with Gasteiger partial charge in [-0.05, 0) is 56.4 Å². The van der Waals surface area contributed by atoms with Crippen LogP contribution in [0.25, 0.3) is 0 Å². The third-order valence-electron chi connectivity index (χ3n) is 3.97. The summed E-state index contributed by atoms with van der Waals surface area (Å²) in [4.78, 5) is 13.3. The van der Waals surface area contributed by atoms with Gasteiger partial charge in [0.25, 0.3) is 0 Å². The highest BCUT2D eigenvalue weighted by Gasteiger charge is 2.20. The Morgan fingerprint density at radius 2 is 2.05 bits per heavy atom. The Kier molecular flexibility index (Phi) is 6.54. The molecule has 1 aliphatic rings. The number of aliphatic hydroxyl groups excluding tert-OH is 1. The maximum atomic E-state index is 11.8. The first-order valence-electron chi connectivity index (χ1n) is 7.74. The van der Waals surface area contributed by atoms with E-state index < -0.39 is 0 Å². The molecule has 0 aromatic carbocycles. The summed E-state index contributed by atoms with van der Waals surface area (Å²) >= 11 is 1.81. The number of nitrogens with one attached hydrogen (secondary N) is 1. The minimum Gasteiger partial charge on any atom is -0.393 e. The summed E-state index contributed by atoms with van der Waals surface area (Å²) in [6.07, 6.45) is 8.39. The number of aryl methyl sites for hydroxylation is 1. The Labute approximate surface area is 125 Å². The maximum Gasteiger partial charge on any atom is 0.220 e. The van der Waals surface area contributed by atoms with Crippen LogP contribution in [0.5, 0.6) is 0 Å². The summed E-state index contributed by atoms with van der Waals surface area (Å²) < 4.78 is 0. The zero-order chi connectivity index (χ0) is 14.2. The molecule has 1 aromatic rings. The molecular formula is C16H25NO2S. The zero-order valence-electron chi connectivity index (χ0n) is 12.0. The normalized spacial score (nSPS) is 22.6. The van der Waals surface area contributed by atoms with Crippen molar-refractivity contribution < 1.29 is 9.90 Å². The van der Waals surface area contributed by atoms with Crippen molar-refractivity contribution in [2.24, 2.45) is 0 Å². The van der Waals surface area contributed by atoms with Gasteiger partial charge in [0, 0.05) is 17.3 Å². The largest absolute Gasteiger partial charge is 0.393 e. The van der Waals surface area contributed by atoms with Gasteiger partial charge in [0.05, 0.1) is 6.10 Å². The van der Waals surface area contributed by atoms with Gasteiger partial charge in [0.1, 0.15) is 0 Å². The molecule has 1 saturated carbocycles. The van der Waals surface area contributed by atoms with Gasteiger partial charge in [-0.15, -0.1) is 11.3 Å². The lowest BCUT2D eigenvalue weighted by atomic mass is 9.93. The zero-order valence-corrected chi connectivity index (χ0v) is 12.8. The standard InChI is InChI=1S/C16H25NO2S/c18-14-10-8-13(9-11-14)17-16(19)7-3-1-2-5-15-6-4-12-20-15/h4,6,12-14,18H,1-3,5,7-11H2,(H,17,19). The Balaban J connectivity index is 1.50. The molecule has 0 unspecified atom stereocenters. The first kappa shape index (κ1) is 15.5. The van der Waals surface area contributed by atoms with Gasteiger partial charge in [-0.25, -0.2) is 0 Å². The van der Waals surface area contributed by atoms with Gasteiger partial charge in [-0.3, -0.25) is 4.79 Å². The highest BCUT2D eigenvalue weighted by molar-refractivity contribution is 7.09. The van der Waals surface area contributed by atoms with Crippen molar-refractivity contribution in [1.29, 1.82) is 0 Å².